The molecule has 0 unspecified atom stereocenters. The van der Waals surface area contributed by atoms with Gasteiger partial charge in [-0.15, -0.1) is 0 Å². The van der Waals surface area contributed by atoms with Crippen LogP contribution in [0.1, 0.15) is 36.0 Å². The predicted octanol–water partition coefficient (Wildman–Crippen LogP) is 2.53. The summed E-state index contributed by atoms with van der Waals surface area (Å²) in [6.07, 6.45) is 3.95. The lowest BCUT2D eigenvalue weighted by Gasteiger charge is -2.19. The summed E-state index contributed by atoms with van der Waals surface area (Å²) in [6, 6.07) is 3.24. The molecule has 0 bridgehead atoms. The van der Waals surface area contributed by atoms with Crippen molar-refractivity contribution < 1.29 is 19.1 Å². The van der Waals surface area contributed by atoms with Crippen molar-refractivity contribution in [2.24, 2.45) is 5.92 Å². The molecule has 2 amide bonds. The van der Waals surface area contributed by atoms with Crippen LogP contribution >= 0.6 is 0 Å². The van der Waals surface area contributed by atoms with Crippen LogP contribution in [0.3, 0.4) is 0 Å². The highest BCUT2D eigenvalue weighted by Gasteiger charge is 2.25. The van der Waals surface area contributed by atoms with Gasteiger partial charge in [-0.2, -0.15) is 0 Å². The Balaban J connectivity index is 2.37. The first-order valence-corrected chi connectivity index (χ1v) is 7.76. The number of hydrogen-bond donors (Lipinski definition) is 1. The van der Waals surface area contributed by atoms with E-state index in [4.69, 9.17) is 9.47 Å². The van der Waals surface area contributed by atoms with Gasteiger partial charge in [0.1, 0.15) is 0 Å². The first-order valence-electron chi connectivity index (χ1n) is 7.76. The van der Waals surface area contributed by atoms with Gasteiger partial charge in [0.15, 0.2) is 11.5 Å². The molecule has 0 saturated heterocycles. The van der Waals surface area contributed by atoms with Gasteiger partial charge in [-0.25, -0.2) is 0 Å². The van der Waals surface area contributed by atoms with E-state index in [2.05, 4.69) is 5.32 Å². The Kier molecular flexibility index (Phi) is 5.47. The van der Waals surface area contributed by atoms with Crippen molar-refractivity contribution in [1.82, 2.24) is 4.90 Å². The molecular weight excluding hydrogens is 296 g/mol. The zero-order valence-corrected chi connectivity index (χ0v) is 14.1. The number of anilines is 1. The van der Waals surface area contributed by atoms with E-state index in [9.17, 15) is 9.59 Å². The molecule has 0 aromatic heterocycles. The molecule has 23 heavy (non-hydrogen) atoms. The molecule has 1 saturated carbocycles. The summed E-state index contributed by atoms with van der Waals surface area (Å²) in [7, 11) is 6.37. The molecule has 0 atom stereocenters. The molecular formula is C17H24N2O4. The zero-order chi connectivity index (χ0) is 17.0. The summed E-state index contributed by atoms with van der Waals surface area (Å²) in [5, 5.41) is 2.89. The topological polar surface area (TPSA) is 67.9 Å². The van der Waals surface area contributed by atoms with E-state index in [1.54, 1.807) is 26.2 Å². The average molecular weight is 320 g/mol. The summed E-state index contributed by atoms with van der Waals surface area (Å²) >= 11 is 0. The van der Waals surface area contributed by atoms with Gasteiger partial charge in [-0.3, -0.25) is 9.59 Å². The van der Waals surface area contributed by atoms with Crippen LogP contribution in [0.25, 0.3) is 0 Å². The number of amides is 2. The minimum absolute atomic E-state index is 0.0189. The van der Waals surface area contributed by atoms with Crippen LogP contribution in [-0.2, 0) is 4.79 Å². The number of nitrogens with zero attached hydrogens (tertiary/aromatic N) is 1. The lowest BCUT2D eigenvalue weighted by Crippen LogP contribution is -2.26. The molecule has 1 aliphatic rings. The Hall–Kier alpha value is -2.24. The van der Waals surface area contributed by atoms with Gasteiger partial charge in [0.2, 0.25) is 5.91 Å². The fourth-order valence-electron chi connectivity index (χ4n) is 2.82. The van der Waals surface area contributed by atoms with Crippen LogP contribution in [0.4, 0.5) is 5.69 Å². The van der Waals surface area contributed by atoms with Crippen LogP contribution in [0.5, 0.6) is 11.5 Å². The van der Waals surface area contributed by atoms with E-state index in [0.29, 0.717) is 22.7 Å². The van der Waals surface area contributed by atoms with E-state index < -0.39 is 0 Å². The maximum Gasteiger partial charge on any atom is 0.255 e. The molecule has 1 aromatic carbocycles. The minimum Gasteiger partial charge on any atom is -0.493 e. The van der Waals surface area contributed by atoms with Crippen molar-refractivity contribution >= 4 is 17.5 Å². The van der Waals surface area contributed by atoms with Crippen LogP contribution in [0.2, 0.25) is 0 Å². The molecule has 1 aliphatic carbocycles. The molecule has 6 nitrogen and oxygen atoms in total. The van der Waals surface area contributed by atoms with E-state index in [0.717, 1.165) is 25.7 Å². The lowest BCUT2D eigenvalue weighted by molar-refractivity contribution is -0.119. The number of carbonyl (C=O) groups excluding carboxylic acids is 2. The lowest BCUT2D eigenvalue weighted by atomic mass is 10.1. The normalized spacial score (nSPS) is 14.4. The van der Waals surface area contributed by atoms with Gasteiger partial charge in [0, 0.05) is 26.1 Å². The van der Waals surface area contributed by atoms with E-state index in [1.165, 1.54) is 19.1 Å². The second-order valence-electron chi connectivity index (χ2n) is 5.92. The predicted molar refractivity (Wildman–Crippen MR) is 88.2 cm³/mol. The molecule has 0 aliphatic heterocycles. The monoisotopic (exact) mass is 320 g/mol. The van der Waals surface area contributed by atoms with Crippen LogP contribution in [-0.4, -0.2) is 45.0 Å². The van der Waals surface area contributed by atoms with Crippen molar-refractivity contribution in [2.75, 3.05) is 33.6 Å². The fraction of sp³-hybridized carbons (Fsp3) is 0.529. The van der Waals surface area contributed by atoms with Crippen LogP contribution in [0.15, 0.2) is 12.1 Å². The number of hydrogen-bond acceptors (Lipinski definition) is 4. The molecule has 0 radical (unpaired) electrons. The maximum atomic E-state index is 12.4. The maximum absolute atomic E-state index is 12.4. The quantitative estimate of drug-likeness (QED) is 0.905. The van der Waals surface area contributed by atoms with E-state index >= 15 is 0 Å². The summed E-state index contributed by atoms with van der Waals surface area (Å²) in [4.78, 5) is 26.3. The first kappa shape index (κ1) is 17.1. The zero-order valence-electron chi connectivity index (χ0n) is 14.1. The van der Waals surface area contributed by atoms with Crippen LogP contribution in [0, 0.1) is 5.92 Å². The first-order chi connectivity index (χ1) is 11.0. The largest absolute Gasteiger partial charge is 0.493 e. The number of methoxy groups -OCH3 is 2. The average Bonchev–Trinajstić information content (AvgIpc) is 3.08. The van der Waals surface area contributed by atoms with E-state index in [1.807, 2.05) is 0 Å². The van der Waals surface area contributed by atoms with Crippen molar-refractivity contribution in [1.29, 1.82) is 0 Å². The molecule has 1 aromatic rings. The van der Waals surface area contributed by atoms with E-state index in [-0.39, 0.29) is 17.7 Å². The Morgan fingerprint density at radius 3 is 2.17 bits per heavy atom. The highest BCUT2D eigenvalue weighted by molar-refractivity contribution is 6.04. The third kappa shape index (κ3) is 3.75. The molecule has 0 spiro atoms. The third-order valence-corrected chi connectivity index (χ3v) is 4.14. The number of rotatable bonds is 5. The molecule has 6 heteroatoms. The van der Waals surface area contributed by atoms with Gasteiger partial charge in [0.05, 0.1) is 25.5 Å². The SMILES string of the molecule is COc1cc(NC(=O)C2CCCC2)c(C(=O)N(C)C)cc1OC. The summed E-state index contributed by atoms with van der Waals surface area (Å²) < 4.78 is 10.5. The number of nitrogens with one attached hydrogen (secondary N) is 1. The van der Waals surface area contributed by atoms with Gasteiger partial charge in [0.25, 0.3) is 5.91 Å². The Morgan fingerprint density at radius 2 is 1.65 bits per heavy atom. The van der Waals surface area contributed by atoms with Gasteiger partial charge in [-0.1, -0.05) is 12.8 Å². The molecule has 2 rings (SSSR count). The second kappa shape index (κ2) is 7.35. The second-order valence-corrected chi connectivity index (χ2v) is 5.92. The summed E-state index contributed by atoms with van der Waals surface area (Å²) in [5.74, 6) is 0.710. The fourth-order valence-corrected chi connectivity index (χ4v) is 2.82. The summed E-state index contributed by atoms with van der Waals surface area (Å²) in [5.41, 5.74) is 0.845. The third-order valence-electron chi connectivity index (χ3n) is 4.14. The van der Waals surface area contributed by atoms with Crippen molar-refractivity contribution in [3.63, 3.8) is 0 Å². The Labute approximate surface area is 136 Å². The van der Waals surface area contributed by atoms with Gasteiger partial charge in [-0.05, 0) is 18.9 Å². The van der Waals surface area contributed by atoms with Crippen molar-refractivity contribution in [3.8, 4) is 11.5 Å². The van der Waals surface area contributed by atoms with Crippen molar-refractivity contribution in [3.05, 3.63) is 17.7 Å². The molecule has 0 heterocycles. The standard InChI is InChI=1S/C17H24N2O4/c1-19(2)17(21)12-9-14(22-3)15(23-4)10-13(12)18-16(20)11-7-5-6-8-11/h9-11H,5-8H2,1-4H3,(H,18,20). The van der Waals surface area contributed by atoms with Gasteiger partial charge < -0.3 is 19.7 Å². The number of carbonyl (C=O) groups is 2. The van der Waals surface area contributed by atoms with Gasteiger partial charge >= 0.3 is 0 Å². The Bertz CT molecular complexity index is 593. The smallest absolute Gasteiger partial charge is 0.255 e. The highest BCUT2D eigenvalue weighted by Crippen LogP contribution is 2.35. The summed E-state index contributed by atoms with van der Waals surface area (Å²) in [6.45, 7) is 0. The molecule has 1 N–H and O–H groups in total. The number of ether oxygens (including phenoxy) is 2. The molecule has 1 fully saturated rings. The minimum atomic E-state index is -0.201. The highest BCUT2D eigenvalue weighted by atomic mass is 16.5. The van der Waals surface area contributed by atoms with Crippen molar-refractivity contribution in [2.45, 2.75) is 25.7 Å². The number of benzene rings is 1. The Morgan fingerprint density at radius 1 is 1.09 bits per heavy atom. The van der Waals surface area contributed by atoms with Crippen LogP contribution < -0.4 is 14.8 Å². The molecule has 126 valence electrons.